The summed E-state index contributed by atoms with van der Waals surface area (Å²) in [4.78, 5) is 16.7. The predicted molar refractivity (Wildman–Crippen MR) is 102 cm³/mol. The number of aryl methyl sites for hydroxylation is 1. The molecule has 0 fully saturated rings. The number of nitrogens with zero attached hydrogens (tertiary/aromatic N) is 4. The molecule has 3 aromatic rings. The van der Waals surface area contributed by atoms with Gasteiger partial charge in [-0.2, -0.15) is 36.4 Å². The zero-order chi connectivity index (χ0) is 22.8. The standard InChI is InChI=1S/C18H14F6N4O3.ClH/c1-27-14(6-7-25-27)13-8-15(29)28(16(26-13)31-10-18(22,23)24)11-2-4-12(5-3-11)30-9-17(19,20)21;/h2-8H,9-10H2,1H3;1H. The summed E-state index contributed by atoms with van der Waals surface area (Å²) in [7, 11) is 1.55. The highest BCUT2D eigenvalue weighted by molar-refractivity contribution is 5.85. The Morgan fingerprint density at radius 1 is 0.938 bits per heavy atom. The van der Waals surface area contributed by atoms with Crippen LogP contribution in [0.2, 0.25) is 0 Å². The Bertz CT molecular complexity index is 1110. The minimum absolute atomic E-state index is 0. The molecule has 0 bridgehead atoms. The van der Waals surface area contributed by atoms with Crippen LogP contribution in [0, 0.1) is 0 Å². The molecule has 2 aromatic heterocycles. The smallest absolute Gasteiger partial charge is 0.422 e. The maximum absolute atomic E-state index is 12.7. The minimum Gasteiger partial charge on any atom is -0.484 e. The van der Waals surface area contributed by atoms with Crippen LogP contribution in [0.4, 0.5) is 26.3 Å². The van der Waals surface area contributed by atoms with Gasteiger partial charge in [0.05, 0.1) is 17.1 Å². The van der Waals surface area contributed by atoms with Gasteiger partial charge in [-0.1, -0.05) is 0 Å². The van der Waals surface area contributed by atoms with E-state index in [1.807, 2.05) is 0 Å². The summed E-state index contributed by atoms with van der Waals surface area (Å²) < 4.78 is 86.3. The number of rotatable bonds is 6. The van der Waals surface area contributed by atoms with Crippen LogP contribution in [0.5, 0.6) is 11.8 Å². The quantitative estimate of drug-likeness (QED) is 0.496. The Hall–Kier alpha value is -3.22. The molecular formula is C18H15ClF6N4O3. The lowest BCUT2D eigenvalue weighted by molar-refractivity contribution is -0.155. The number of halogens is 7. The topological polar surface area (TPSA) is 71.2 Å². The van der Waals surface area contributed by atoms with E-state index in [0.29, 0.717) is 5.69 Å². The molecule has 0 radical (unpaired) electrons. The van der Waals surface area contributed by atoms with Crippen LogP contribution in [0.3, 0.4) is 0 Å². The first-order valence-corrected chi connectivity index (χ1v) is 8.55. The molecule has 14 heteroatoms. The fourth-order valence-corrected chi connectivity index (χ4v) is 2.55. The molecule has 7 nitrogen and oxygen atoms in total. The highest BCUT2D eigenvalue weighted by Gasteiger charge is 2.30. The first-order chi connectivity index (χ1) is 14.4. The van der Waals surface area contributed by atoms with Crippen molar-refractivity contribution in [1.82, 2.24) is 19.3 Å². The largest absolute Gasteiger partial charge is 0.484 e. The molecule has 0 aliphatic rings. The summed E-state index contributed by atoms with van der Waals surface area (Å²) in [5.41, 5.74) is -0.363. The first-order valence-electron chi connectivity index (χ1n) is 8.55. The van der Waals surface area contributed by atoms with Crippen molar-refractivity contribution in [3.8, 4) is 28.8 Å². The number of alkyl halides is 6. The van der Waals surface area contributed by atoms with Gasteiger partial charge in [0.2, 0.25) is 0 Å². The van der Waals surface area contributed by atoms with Gasteiger partial charge in [-0.3, -0.25) is 9.48 Å². The predicted octanol–water partition coefficient (Wildman–Crippen LogP) is 3.94. The third-order valence-electron chi connectivity index (χ3n) is 3.83. The third-order valence-corrected chi connectivity index (χ3v) is 3.83. The average Bonchev–Trinajstić information content (AvgIpc) is 3.10. The van der Waals surface area contributed by atoms with Crippen molar-refractivity contribution in [2.75, 3.05) is 13.2 Å². The molecule has 0 saturated heterocycles. The summed E-state index contributed by atoms with van der Waals surface area (Å²) in [6.07, 6.45) is -7.82. The molecule has 0 spiro atoms. The first kappa shape index (κ1) is 25.0. The van der Waals surface area contributed by atoms with Crippen molar-refractivity contribution in [3.05, 3.63) is 52.9 Å². The number of hydrogen-bond acceptors (Lipinski definition) is 5. The number of ether oxygens (including phenoxy) is 2. The lowest BCUT2D eigenvalue weighted by atomic mass is 10.2. The van der Waals surface area contributed by atoms with Gasteiger partial charge in [-0.15, -0.1) is 12.4 Å². The van der Waals surface area contributed by atoms with Crippen molar-refractivity contribution in [2.24, 2.45) is 7.05 Å². The number of benzene rings is 1. The van der Waals surface area contributed by atoms with Gasteiger partial charge >= 0.3 is 18.4 Å². The molecule has 0 unspecified atom stereocenters. The molecule has 0 atom stereocenters. The van der Waals surface area contributed by atoms with Gasteiger partial charge in [0, 0.05) is 19.3 Å². The molecule has 0 aliphatic heterocycles. The molecule has 3 rings (SSSR count). The summed E-state index contributed by atoms with van der Waals surface area (Å²) in [6, 6.07) is 6.59. The zero-order valence-electron chi connectivity index (χ0n) is 16.1. The highest BCUT2D eigenvalue weighted by Crippen LogP contribution is 2.24. The van der Waals surface area contributed by atoms with E-state index in [-0.39, 0.29) is 29.5 Å². The van der Waals surface area contributed by atoms with Gasteiger partial charge in [0.15, 0.2) is 13.2 Å². The van der Waals surface area contributed by atoms with Crippen LogP contribution in [0.1, 0.15) is 0 Å². The molecule has 1 aromatic carbocycles. The van der Waals surface area contributed by atoms with Gasteiger partial charge in [-0.25, -0.2) is 4.57 Å². The van der Waals surface area contributed by atoms with Gasteiger partial charge < -0.3 is 9.47 Å². The van der Waals surface area contributed by atoms with Gasteiger partial charge in [0.25, 0.3) is 5.56 Å². The highest BCUT2D eigenvalue weighted by atomic mass is 35.5. The maximum Gasteiger partial charge on any atom is 0.422 e. The van der Waals surface area contributed by atoms with Crippen molar-refractivity contribution in [3.63, 3.8) is 0 Å². The number of aromatic nitrogens is 4. The second-order valence-corrected chi connectivity index (χ2v) is 6.24. The van der Waals surface area contributed by atoms with Crippen LogP contribution in [0.15, 0.2) is 47.4 Å². The Morgan fingerprint density at radius 2 is 1.53 bits per heavy atom. The second-order valence-electron chi connectivity index (χ2n) is 6.24. The Labute approximate surface area is 182 Å². The molecular weight excluding hydrogens is 470 g/mol. The fraction of sp³-hybridized carbons (Fsp3) is 0.278. The van der Waals surface area contributed by atoms with Crippen LogP contribution in [0.25, 0.3) is 17.1 Å². The van der Waals surface area contributed by atoms with Gasteiger partial charge in [0.1, 0.15) is 5.75 Å². The van der Waals surface area contributed by atoms with Crippen molar-refractivity contribution >= 4 is 12.4 Å². The lowest BCUT2D eigenvalue weighted by Crippen LogP contribution is -2.26. The Morgan fingerprint density at radius 3 is 2.06 bits per heavy atom. The maximum atomic E-state index is 12.7. The van der Waals surface area contributed by atoms with E-state index in [9.17, 15) is 31.1 Å². The van der Waals surface area contributed by atoms with Gasteiger partial charge in [-0.05, 0) is 30.3 Å². The summed E-state index contributed by atoms with van der Waals surface area (Å²) in [5, 5.41) is 3.92. The molecule has 2 heterocycles. The van der Waals surface area contributed by atoms with Crippen molar-refractivity contribution in [1.29, 1.82) is 0 Å². The average molecular weight is 485 g/mol. The summed E-state index contributed by atoms with van der Waals surface area (Å²) in [5.74, 6) is -0.147. The molecule has 0 amide bonds. The number of hydrogen-bond donors (Lipinski definition) is 0. The van der Waals surface area contributed by atoms with E-state index in [2.05, 4.69) is 14.8 Å². The summed E-state index contributed by atoms with van der Waals surface area (Å²) >= 11 is 0. The van der Waals surface area contributed by atoms with Crippen LogP contribution in [-0.2, 0) is 7.05 Å². The van der Waals surface area contributed by atoms with Crippen molar-refractivity contribution in [2.45, 2.75) is 12.4 Å². The molecule has 0 saturated carbocycles. The lowest BCUT2D eigenvalue weighted by Gasteiger charge is -2.16. The van der Waals surface area contributed by atoms with E-state index < -0.39 is 37.1 Å². The van der Waals surface area contributed by atoms with E-state index in [4.69, 9.17) is 4.74 Å². The third kappa shape index (κ3) is 6.39. The molecule has 0 N–H and O–H groups in total. The Balaban J connectivity index is 0.00000363. The van der Waals surface area contributed by atoms with E-state index >= 15 is 0 Å². The molecule has 0 aliphatic carbocycles. The van der Waals surface area contributed by atoms with E-state index in [0.717, 1.165) is 22.8 Å². The monoisotopic (exact) mass is 484 g/mol. The SMILES string of the molecule is Cl.Cn1nccc1-c1cc(=O)n(-c2ccc(OCC(F)(F)F)cc2)c(OCC(F)(F)F)n1. The van der Waals surface area contributed by atoms with Crippen LogP contribution < -0.4 is 15.0 Å². The van der Waals surface area contributed by atoms with Crippen LogP contribution in [-0.4, -0.2) is 44.9 Å². The van der Waals surface area contributed by atoms with E-state index in [1.165, 1.54) is 29.1 Å². The Kier molecular flexibility index (Phi) is 7.44. The second kappa shape index (κ2) is 9.51. The summed E-state index contributed by atoms with van der Waals surface area (Å²) in [6.45, 7) is -3.23. The normalized spacial score (nSPS) is 11.7. The minimum atomic E-state index is -4.69. The van der Waals surface area contributed by atoms with Crippen LogP contribution >= 0.6 is 12.4 Å². The molecule has 174 valence electrons. The van der Waals surface area contributed by atoms with E-state index in [1.54, 1.807) is 7.05 Å². The fourth-order valence-electron chi connectivity index (χ4n) is 2.55. The zero-order valence-corrected chi connectivity index (χ0v) is 17.0. The molecule has 32 heavy (non-hydrogen) atoms. The van der Waals surface area contributed by atoms with Crippen molar-refractivity contribution < 1.29 is 35.8 Å².